The van der Waals surface area contributed by atoms with Crippen molar-refractivity contribution < 1.29 is 13.0 Å². The predicted molar refractivity (Wildman–Crippen MR) is 68.3 cm³/mol. The Balaban J connectivity index is 2.35. The Bertz CT molecular complexity index is 457. The van der Waals surface area contributed by atoms with Crippen LogP contribution in [0, 0.1) is 11.8 Å². The highest BCUT2D eigenvalue weighted by molar-refractivity contribution is 7.87. The summed E-state index contributed by atoms with van der Waals surface area (Å²) in [5, 5.41) is 0. The standard InChI is InChI=1S/C13H20O3S/c1-10-6-8-13(9-7-10,17(14,15)16)11(2)12-4-3-5-12/h6-8,11-12H,3-5,9H2,1-2H3,(H,14,15,16). The van der Waals surface area contributed by atoms with Crippen molar-refractivity contribution in [3.63, 3.8) is 0 Å². The van der Waals surface area contributed by atoms with Gasteiger partial charge in [-0.05, 0) is 25.2 Å². The third kappa shape index (κ3) is 2.08. The minimum Gasteiger partial charge on any atom is -0.285 e. The molecule has 0 spiro atoms. The van der Waals surface area contributed by atoms with Crippen molar-refractivity contribution in [2.24, 2.45) is 11.8 Å². The molecule has 17 heavy (non-hydrogen) atoms. The maximum absolute atomic E-state index is 11.8. The molecule has 0 amide bonds. The van der Waals surface area contributed by atoms with Crippen molar-refractivity contribution in [1.82, 2.24) is 0 Å². The molecule has 4 heteroatoms. The van der Waals surface area contributed by atoms with E-state index in [9.17, 15) is 13.0 Å². The van der Waals surface area contributed by atoms with Gasteiger partial charge in [0.05, 0.1) is 0 Å². The first-order valence-corrected chi connectivity index (χ1v) is 7.64. The summed E-state index contributed by atoms with van der Waals surface area (Å²) in [6.45, 7) is 3.90. The van der Waals surface area contributed by atoms with Crippen LogP contribution in [0.3, 0.4) is 0 Å². The maximum Gasteiger partial charge on any atom is 0.274 e. The molecule has 2 unspecified atom stereocenters. The van der Waals surface area contributed by atoms with Gasteiger partial charge >= 0.3 is 0 Å². The van der Waals surface area contributed by atoms with E-state index in [1.165, 1.54) is 6.42 Å². The lowest BCUT2D eigenvalue weighted by atomic mass is 9.69. The van der Waals surface area contributed by atoms with Crippen molar-refractivity contribution in [3.8, 4) is 0 Å². The first-order valence-electron chi connectivity index (χ1n) is 6.20. The zero-order valence-corrected chi connectivity index (χ0v) is 11.2. The highest BCUT2D eigenvalue weighted by Crippen LogP contribution is 2.45. The van der Waals surface area contributed by atoms with Crippen LogP contribution in [0.15, 0.2) is 23.8 Å². The van der Waals surface area contributed by atoms with Crippen molar-refractivity contribution in [2.75, 3.05) is 0 Å². The van der Waals surface area contributed by atoms with E-state index in [1.807, 2.05) is 26.0 Å². The molecular formula is C13H20O3S. The van der Waals surface area contributed by atoms with E-state index < -0.39 is 14.9 Å². The summed E-state index contributed by atoms with van der Waals surface area (Å²) in [4.78, 5) is 0. The third-order valence-electron chi connectivity index (χ3n) is 4.48. The highest BCUT2D eigenvalue weighted by atomic mass is 32.2. The van der Waals surface area contributed by atoms with E-state index in [0.717, 1.165) is 18.4 Å². The van der Waals surface area contributed by atoms with Crippen LogP contribution in [0.5, 0.6) is 0 Å². The molecule has 0 aliphatic heterocycles. The number of hydrogen-bond donors (Lipinski definition) is 1. The van der Waals surface area contributed by atoms with Gasteiger partial charge in [-0.15, -0.1) is 0 Å². The molecule has 1 saturated carbocycles. The summed E-state index contributed by atoms with van der Waals surface area (Å²) >= 11 is 0. The Morgan fingerprint density at radius 2 is 2.12 bits per heavy atom. The molecule has 2 rings (SSSR count). The smallest absolute Gasteiger partial charge is 0.274 e. The van der Waals surface area contributed by atoms with E-state index in [-0.39, 0.29) is 5.92 Å². The Hall–Kier alpha value is -0.610. The third-order valence-corrected chi connectivity index (χ3v) is 6.11. The molecule has 2 aliphatic carbocycles. The summed E-state index contributed by atoms with van der Waals surface area (Å²) in [6, 6.07) is 0. The van der Waals surface area contributed by atoms with Crippen LogP contribution >= 0.6 is 0 Å². The molecule has 2 atom stereocenters. The highest BCUT2D eigenvalue weighted by Gasteiger charge is 2.49. The van der Waals surface area contributed by atoms with Gasteiger partial charge in [-0.25, -0.2) is 0 Å². The van der Waals surface area contributed by atoms with Gasteiger partial charge in [-0.3, -0.25) is 4.55 Å². The first-order chi connectivity index (χ1) is 7.87. The molecule has 0 aromatic carbocycles. The molecular weight excluding hydrogens is 236 g/mol. The van der Waals surface area contributed by atoms with Crippen LogP contribution in [0.1, 0.15) is 39.5 Å². The van der Waals surface area contributed by atoms with E-state index >= 15 is 0 Å². The Morgan fingerprint density at radius 3 is 2.47 bits per heavy atom. The minimum atomic E-state index is -4.06. The van der Waals surface area contributed by atoms with E-state index in [0.29, 0.717) is 12.3 Å². The monoisotopic (exact) mass is 256 g/mol. The zero-order valence-electron chi connectivity index (χ0n) is 10.4. The molecule has 1 fully saturated rings. The molecule has 1 N–H and O–H groups in total. The Labute approximate surface area is 103 Å². The first kappa shape index (κ1) is 12.8. The molecule has 0 aromatic heterocycles. The fraction of sp³-hybridized carbons (Fsp3) is 0.692. The van der Waals surface area contributed by atoms with Gasteiger partial charge in [-0.1, -0.05) is 50.0 Å². The van der Waals surface area contributed by atoms with Crippen molar-refractivity contribution in [2.45, 2.75) is 44.3 Å². The lowest BCUT2D eigenvalue weighted by Gasteiger charge is -2.42. The molecule has 3 nitrogen and oxygen atoms in total. The SMILES string of the molecule is CC1=CCC(C(C)C2CCC2)(S(=O)(=O)O)C=C1. The zero-order chi connectivity index (χ0) is 12.7. The second kappa shape index (κ2) is 4.25. The molecule has 0 bridgehead atoms. The van der Waals surface area contributed by atoms with Crippen LogP contribution < -0.4 is 0 Å². The summed E-state index contributed by atoms with van der Waals surface area (Å²) < 4.78 is 32.1. The summed E-state index contributed by atoms with van der Waals surface area (Å²) in [5.74, 6) is 0.403. The normalized spacial score (nSPS) is 31.8. The lowest BCUT2D eigenvalue weighted by Crippen LogP contribution is -2.47. The van der Waals surface area contributed by atoms with E-state index in [4.69, 9.17) is 0 Å². The van der Waals surface area contributed by atoms with Crippen LogP contribution in [0.25, 0.3) is 0 Å². The molecule has 0 heterocycles. The fourth-order valence-corrected chi connectivity index (χ4v) is 4.03. The average Bonchev–Trinajstić information content (AvgIpc) is 2.14. The van der Waals surface area contributed by atoms with Gasteiger partial charge in [0.15, 0.2) is 0 Å². The summed E-state index contributed by atoms with van der Waals surface area (Å²) in [5.41, 5.74) is 1.06. The van der Waals surface area contributed by atoms with E-state index in [1.54, 1.807) is 6.08 Å². The average molecular weight is 256 g/mol. The summed E-state index contributed by atoms with van der Waals surface area (Å²) in [7, 11) is -4.06. The molecule has 0 aromatic rings. The topological polar surface area (TPSA) is 54.4 Å². The van der Waals surface area contributed by atoms with Crippen molar-refractivity contribution >= 4 is 10.1 Å². The van der Waals surface area contributed by atoms with Crippen LogP contribution in [0.4, 0.5) is 0 Å². The van der Waals surface area contributed by atoms with Gasteiger partial charge in [0.25, 0.3) is 10.1 Å². The largest absolute Gasteiger partial charge is 0.285 e. The van der Waals surface area contributed by atoms with Gasteiger partial charge in [0.1, 0.15) is 4.75 Å². The van der Waals surface area contributed by atoms with Crippen molar-refractivity contribution in [3.05, 3.63) is 23.8 Å². The predicted octanol–water partition coefficient (Wildman–Crippen LogP) is 2.96. The van der Waals surface area contributed by atoms with E-state index in [2.05, 4.69) is 0 Å². The Kier molecular flexibility index (Phi) is 3.21. The molecule has 0 saturated heterocycles. The second-order valence-electron chi connectivity index (χ2n) is 5.40. The van der Waals surface area contributed by atoms with Gasteiger partial charge in [0, 0.05) is 0 Å². The molecule has 96 valence electrons. The van der Waals surface area contributed by atoms with Gasteiger partial charge in [0.2, 0.25) is 0 Å². The van der Waals surface area contributed by atoms with Crippen LogP contribution in [-0.2, 0) is 10.1 Å². The minimum absolute atomic E-state index is 0.0214. The number of allylic oxidation sites excluding steroid dienone is 3. The molecule has 0 radical (unpaired) electrons. The lowest BCUT2D eigenvalue weighted by molar-refractivity contribution is 0.185. The van der Waals surface area contributed by atoms with Crippen molar-refractivity contribution in [1.29, 1.82) is 0 Å². The van der Waals surface area contributed by atoms with Crippen LogP contribution in [0.2, 0.25) is 0 Å². The second-order valence-corrected chi connectivity index (χ2v) is 7.11. The quantitative estimate of drug-likeness (QED) is 0.790. The fourth-order valence-electron chi connectivity index (χ4n) is 2.83. The Morgan fingerprint density at radius 1 is 1.47 bits per heavy atom. The maximum atomic E-state index is 11.8. The number of hydrogen-bond acceptors (Lipinski definition) is 2. The number of rotatable bonds is 3. The molecule has 2 aliphatic rings. The summed E-state index contributed by atoms with van der Waals surface area (Å²) in [6.07, 6.45) is 9.14. The van der Waals surface area contributed by atoms with Gasteiger partial charge in [-0.2, -0.15) is 8.42 Å². The van der Waals surface area contributed by atoms with Crippen LogP contribution in [-0.4, -0.2) is 17.7 Å². The van der Waals surface area contributed by atoms with Gasteiger partial charge < -0.3 is 0 Å².